The molecule has 0 saturated heterocycles. The first-order valence-electron chi connectivity index (χ1n) is 9.86. The molecule has 4 aromatic rings. The maximum Gasteiger partial charge on any atom is 0.373 e. The van der Waals surface area contributed by atoms with Crippen LogP contribution >= 0.6 is 15.9 Å². The van der Waals surface area contributed by atoms with Gasteiger partial charge in [-0.25, -0.2) is 4.98 Å². The largest absolute Gasteiger partial charge is 0.434 e. The molecule has 1 aromatic heterocycles. The molecule has 0 saturated carbocycles. The standard InChI is InChI=1S/C24H19BrN4O3/c25-20-11-13-21(14-12-20)32-24-22(29(30)31)23(26-17-27-24)28(15-18-7-3-1-4-8-18)16-19-9-5-2-6-10-19/h1-14,17H,15-16H2. The van der Waals surface area contributed by atoms with Gasteiger partial charge in [0.15, 0.2) is 0 Å². The van der Waals surface area contributed by atoms with Gasteiger partial charge < -0.3 is 9.64 Å². The van der Waals surface area contributed by atoms with Crippen LogP contribution in [0.15, 0.2) is 95.7 Å². The smallest absolute Gasteiger partial charge is 0.373 e. The molecule has 0 bridgehead atoms. The average Bonchev–Trinajstić information content (AvgIpc) is 2.81. The van der Waals surface area contributed by atoms with Crippen LogP contribution in [0.3, 0.4) is 0 Å². The maximum absolute atomic E-state index is 12.1. The molecule has 0 aliphatic carbocycles. The predicted octanol–water partition coefficient (Wildman–Crippen LogP) is 6.15. The molecular weight excluding hydrogens is 472 g/mol. The zero-order valence-corrected chi connectivity index (χ0v) is 18.6. The molecule has 0 amide bonds. The summed E-state index contributed by atoms with van der Waals surface area (Å²) in [4.78, 5) is 21.8. The number of halogens is 1. The first kappa shape index (κ1) is 21.5. The Bertz CT molecular complexity index is 1150. The van der Waals surface area contributed by atoms with Gasteiger partial charge in [-0.3, -0.25) is 10.1 Å². The van der Waals surface area contributed by atoms with Gasteiger partial charge in [-0.2, -0.15) is 4.98 Å². The molecule has 0 unspecified atom stereocenters. The van der Waals surface area contributed by atoms with Crippen LogP contribution in [0.4, 0.5) is 11.5 Å². The van der Waals surface area contributed by atoms with Crippen molar-refractivity contribution >= 4 is 27.4 Å². The SMILES string of the molecule is O=[N+]([O-])c1c(Oc2ccc(Br)cc2)ncnc1N(Cc1ccccc1)Cc1ccccc1. The summed E-state index contributed by atoms with van der Waals surface area (Å²) in [6.07, 6.45) is 1.29. The lowest BCUT2D eigenvalue weighted by Crippen LogP contribution is -2.24. The fourth-order valence-corrected chi connectivity index (χ4v) is 3.51. The van der Waals surface area contributed by atoms with E-state index in [2.05, 4.69) is 25.9 Å². The summed E-state index contributed by atoms with van der Waals surface area (Å²) in [6.45, 7) is 0.872. The van der Waals surface area contributed by atoms with Gasteiger partial charge in [0.1, 0.15) is 12.1 Å². The highest BCUT2D eigenvalue weighted by Crippen LogP contribution is 2.37. The lowest BCUT2D eigenvalue weighted by Gasteiger charge is -2.24. The van der Waals surface area contributed by atoms with Gasteiger partial charge in [-0.1, -0.05) is 76.6 Å². The van der Waals surface area contributed by atoms with Gasteiger partial charge >= 0.3 is 11.6 Å². The lowest BCUT2D eigenvalue weighted by atomic mass is 10.1. The highest BCUT2D eigenvalue weighted by atomic mass is 79.9. The van der Waals surface area contributed by atoms with Crippen LogP contribution in [0, 0.1) is 10.1 Å². The van der Waals surface area contributed by atoms with Gasteiger partial charge in [0.2, 0.25) is 5.82 Å². The second-order valence-corrected chi connectivity index (χ2v) is 7.91. The molecule has 0 aliphatic heterocycles. The van der Waals surface area contributed by atoms with Gasteiger partial charge in [0, 0.05) is 17.6 Å². The van der Waals surface area contributed by atoms with Crippen LogP contribution in [0.2, 0.25) is 0 Å². The van der Waals surface area contributed by atoms with E-state index in [-0.39, 0.29) is 17.4 Å². The number of benzene rings is 3. The van der Waals surface area contributed by atoms with E-state index < -0.39 is 4.92 Å². The molecular formula is C24H19BrN4O3. The summed E-state index contributed by atoms with van der Waals surface area (Å²) < 4.78 is 6.65. The minimum Gasteiger partial charge on any atom is -0.434 e. The Morgan fingerprint density at radius 3 is 1.94 bits per heavy atom. The van der Waals surface area contributed by atoms with Crippen molar-refractivity contribution < 1.29 is 9.66 Å². The number of rotatable bonds is 8. The van der Waals surface area contributed by atoms with Gasteiger partial charge in [0.25, 0.3) is 0 Å². The third-order valence-electron chi connectivity index (χ3n) is 4.71. The van der Waals surface area contributed by atoms with Crippen molar-refractivity contribution in [3.8, 4) is 11.6 Å². The fourth-order valence-electron chi connectivity index (χ4n) is 3.25. The minimum absolute atomic E-state index is 0.103. The van der Waals surface area contributed by atoms with Crippen molar-refractivity contribution in [2.45, 2.75) is 13.1 Å². The highest BCUT2D eigenvalue weighted by Gasteiger charge is 2.29. The van der Waals surface area contributed by atoms with Crippen LogP contribution in [-0.2, 0) is 13.1 Å². The number of hydrogen-bond donors (Lipinski definition) is 0. The summed E-state index contributed by atoms with van der Waals surface area (Å²) in [5.41, 5.74) is 1.74. The van der Waals surface area contributed by atoms with Crippen LogP contribution < -0.4 is 9.64 Å². The molecule has 3 aromatic carbocycles. The van der Waals surface area contributed by atoms with Crippen molar-refractivity contribution in [3.05, 3.63) is 117 Å². The molecule has 160 valence electrons. The van der Waals surface area contributed by atoms with Crippen LogP contribution in [-0.4, -0.2) is 14.9 Å². The second-order valence-electron chi connectivity index (χ2n) is 6.99. The summed E-state index contributed by atoms with van der Waals surface area (Å²) >= 11 is 3.37. The van der Waals surface area contributed by atoms with E-state index in [4.69, 9.17) is 4.74 Å². The average molecular weight is 491 g/mol. The maximum atomic E-state index is 12.1. The Hall–Kier alpha value is -3.78. The fraction of sp³-hybridized carbons (Fsp3) is 0.0833. The third-order valence-corrected chi connectivity index (χ3v) is 5.24. The van der Waals surface area contributed by atoms with Crippen molar-refractivity contribution in [1.29, 1.82) is 0 Å². The zero-order valence-electron chi connectivity index (χ0n) is 17.0. The monoisotopic (exact) mass is 490 g/mol. The molecule has 0 spiro atoms. The number of nitro groups is 1. The summed E-state index contributed by atoms with van der Waals surface area (Å²) in [5, 5.41) is 12.1. The highest BCUT2D eigenvalue weighted by molar-refractivity contribution is 9.10. The van der Waals surface area contributed by atoms with E-state index in [1.807, 2.05) is 65.6 Å². The number of ether oxygens (including phenoxy) is 1. The van der Waals surface area contributed by atoms with Gasteiger partial charge in [0.05, 0.1) is 4.92 Å². The minimum atomic E-state index is -0.494. The quantitative estimate of drug-likeness (QED) is 0.217. The third kappa shape index (κ3) is 5.28. The van der Waals surface area contributed by atoms with E-state index >= 15 is 0 Å². The predicted molar refractivity (Wildman–Crippen MR) is 126 cm³/mol. The first-order valence-corrected chi connectivity index (χ1v) is 10.6. The van der Waals surface area contributed by atoms with Gasteiger partial charge in [-0.15, -0.1) is 0 Å². The van der Waals surface area contributed by atoms with E-state index in [0.717, 1.165) is 15.6 Å². The molecule has 0 atom stereocenters. The zero-order chi connectivity index (χ0) is 22.3. The Morgan fingerprint density at radius 2 is 1.41 bits per heavy atom. The van der Waals surface area contributed by atoms with E-state index in [0.29, 0.717) is 18.8 Å². The second kappa shape index (κ2) is 10.0. The van der Waals surface area contributed by atoms with Crippen molar-refractivity contribution in [2.24, 2.45) is 0 Å². The number of nitrogens with zero attached hydrogens (tertiary/aromatic N) is 4. The molecule has 32 heavy (non-hydrogen) atoms. The molecule has 0 radical (unpaired) electrons. The molecule has 1 heterocycles. The summed E-state index contributed by atoms with van der Waals surface area (Å²) in [6, 6.07) is 26.5. The van der Waals surface area contributed by atoms with Crippen LogP contribution in [0.5, 0.6) is 11.6 Å². The van der Waals surface area contributed by atoms with Crippen LogP contribution in [0.1, 0.15) is 11.1 Å². The number of anilines is 1. The van der Waals surface area contributed by atoms with Gasteiger partial charge in [-0.05, 0) is 35.4 Å². The molecule has 4 rings (SSSR count). The normalized spacial score (nSPS) is 10.5. The Balaban J connectivity index is 1.75. The Labute approximate surface area is 193 Å². The van der Waals surface area contributed by atoms with Crippen LogP contribution in [0.25, 0.3) is 0 Å². The number of aromatic nitrogens is 2. The first-order chi connectivity index (χ1) is 15.6. The number of hydrogen-bond acceptors (Lipinski definition) is 6. The summed E-state index contributed by atoms with van der Waals surface area (Å²) in [5.74, 6) is 0.539. The topological polar surface area (TPSA) is 81.4 Å². The molecule has 7 nitrogen and oxygen atoms in total. The van der Waals surface area contributed by atoms with Crippen molar-refractivity contribution in [1.82, 2.24) is 9.97 Å². The molecule has 0 N–H and O–H groups in total. The van der Waals surface area contributed by atoms with Crippen molar-refractivity contribution in [2.75, 3.05) is 4.90 Å². The van der Waals surface area contributed by atoms with E-state index in [9.17, 15) is 10.1 Å². The Kier molecular flexibility index (Phi) is 6.72. The molecule has 0 fully saturated rings. The Morgan fingerprint density at radius 1 is 0.844 bits per heavy atom. The summed E-state index contributed by atoms with van der Waals surface area (Å²) in [7, 11) is 0. The molecule has 8 heteroatoms. The van der Waals surface area contributed by atoms with Crippen molar-refractivity contribution in [3.63, 3.8) is 0 Å². The van der Waals surface area contributed by atoms with E-state index in [1.54, 1.807) is 24.3 Å². The lowest BCUT2D eigenvalue weighted by molar-refractivity contribution is -0.385. The van der Waals surface area contributed by atoms with E-state index in [1.165, 1.54) is 6.33 Å². The molecule has 0 aliphatic rings.